The van der Waals surface area contributed by atoms with Crippen molar-refractivity contribution in [3.8, 4) is 11.3 Å². The number of anilines is 1. The molecule has 0 saturated heterocycles. The Bertz CT molecular complexity index is 1410. The van der Waals surface area contributed by atoms with Crippen LogP contribution >= 0.6 is 11.3 Å². The molecule has 0 amide bonds. The molecule has 1 aromatic heterocycles. The summed E-state index contributed by atoms with van der Waals surface area (Å²) in [4.78, 5) is 31.8. The van der Waals surface area contributed by atoms with Crippen molar-refractivity contribution < 1.29 is 32.2 Å². The minimum Gasteiger partial charge on any atom is -0.464 e. The monoisotopic (exact) mass is 573 g/mol. The molecule has 0 fully saturated rings. The van der Waals surface area contributed by atoms with Crippen LogP contribution in [-0.4, -0.2) is 41.7 Å². The maximum Gasteiger partial charge on any atom is 0.416 e. The van der Waals surface area contributed by atoms with Gasteiger partial charge in [-0.25, -0.2) is 14.6 Å². The third kappa shape index (κ3) is 5.56. The van der Waals surface area contributed by atoms with Gasteiger partial charge in [0.2, 0.25) is 0 Å². The van der Waals surface area contributed by atoms with Gasteiger partial charge in [0.25, 0.3) is 0 Å². The summed E-state index contributed by atoms with van der Waals surface area (Å²) in [6.07, 6.45) is -4.50. The minimum absolute atomic E-state index is 0.0846. The van der Waals surface area contributed by atoms with Crippen molar-refractivity contribution >= 4 is 28.4 Å². The normalized spacial score (nSPS) is 21.0. The van der Waals surface area contributed by atoms with Crippen LogP contribution in [0, 0.1) is 0 Å². The van der Waals surface area contributed by atoms with E-state index in [1.165, 1.54) is 12.1 Å². The van der Waals surface area contributed by atoms with E-state index >= 15 is 0 Å². The summed E-state index contributed by atoms with van der Waals surface area (Å²) in [5.41, 5.74) is -0.268. The molecule has 2 heterocycles. The van der Waals surface area contributed by atoms with Crippen LogP contribution in [-0.2, 0) is 25.2 Å². The van der Waals surface area contributed by atoms with Gasteiger partial charge in [-0.3, -0.25) is 0 Å². The minimum atomic E-state index is -4.50. The summed E-state index contributed by atoms with van der Waals surface area (Å²) in [7, 11) is 0. The topological polar surface area (TPSA) is 89.5 Å². The van der Waals surface area contributed by atoms with E-state index in [1.807, 2.05) is 30.3 Å². The number of ether oxygens (including phenoxy) is 2. The first kappa shape index (κ1) is 29.1. The van der Waals surface area contributed by atoms with Crippen LogP contribution in [0.3, 0.4) is 0 Å². The van der Waals surface area contributed by atoms with Crippen molar-refractivity contribution in [2.45, 2.75) is 51.4 Å². The smallest absolute Gasteiger partial charge is 0.416 e. The van der Waals surface area contributed by atoms with Gasteiger partial charge in [0, 0.05) is 16.6 Å². The Morgan fingerprint density at radius 3 is 2.42 bits per heavy atom. The number of allylic oxidation sites excluding steroid dienone is 1. The van der Waals surface area contributed by atoms with Gasteiger partial charge in [0.1, 0.15) is 0 Å². The van der Waals surface area contributed by atoms with Crippen LogP contribution in [0.4, 0.5) is 18.3 Å². The Hall–Kier alpha value is -3.86. The summed E-state index contributed by atoms with van der Waals surface area (Å²) in [6.45, 7) is 7.16. The van der Waals surface area contributed by atoms with E-state index in [0.717, 1.165) is 23.5 Å². The summed E-state index contributed by atoms with van der Waals surface area (Å²) < 4.78 is 50.9. The molecular formula is C29H30F3N3O4S. The molecule has 7 nitrogen and oxygen atoms in total. The number of hydrogen-bond acceptors (Lipinski definition) is 8. The quantitative estimate of drug-likeness (QED) is 0.312. The highest BCUT2D eigenvalue weighted by molar-refractivity contribution is 7.14. The third-order valence-corrected chi connectivity index (χ3v) is 7.57. The molecule has 2 aromatic carbocycles. The maximum absolute atomic E-state index is 13.9. The van der Waals surface area contributed by atoms with Crippen molar-refractivity contribution in [2.75, 3.05) is 18.5 Å². The molecule has 3 atom stereocenters. The zero-order chi connectivity index (χ0) is 29.1. The average molecular weight is 574 g/mol. The van der Waals surface area contributed by atoms with Crippen LogP contribution in [0.2, 0.25) is 0 Å². The van der Waals surface area contributed by atoms with E-state index in [9.17, 15) is 22.8 Å². The number of thiazole rings is 1. The lowest BCUT2D eigenvalue weighted by atomic mass is 9.68. The lowest BCUT2D eigenvalue weighted by Crippen LogP contribution is -2.66. The van der Waals surface area contributed by atoms with Crippen molar-refractivity contribution in [1.29, 1.82) is 0 Å². The second-order valence-electron chi connectivity index (χ2n) is 9.30. The van der Waals surface area contributed by atoms with E-state index in [1.54, 1.807) is 33.1 Å². The molecule has 0 spiro atoms. The zero-order valence-corrected chi connectivity index (χ0v) is 23.3. The maximum atomic E-state index is 13.9. The fraction of sp³-hybridized carbons (Fsp3) is 0.345. The van der Waals surface area contributed by atoms with E-state index in [-0.39, 0.29) is 29.5 Å². The largest absolute Gasteiger partial charge is 0.464 e. The number of aromatic nitrogens is 1. The van der Waals surface area contributed by atoms with Gasteiger partial charge in [0.15, 0.2) is 10.7 Å². The number of alkyl halides is 3. The van der Waals surface area contributed by atoms with Gasteiger partial charge >= 0.3 is 18.1 Å². The van der Waals surface area contributed by atoms with Crippen molar-refractivity contribution in [3.63, 3.8) is 0 Å². The van der Waals surface area contributed by atoms with Crippen molar-refractivity contribution in [1.82, 2.24) is 10.3 Å². The van der Waals surface area contributed by atoms with Gasteiger partial charge in [-0.05, 0) is 45.4 Å². The Kier molecular flexibility index (Phi) is 8.53. The number of nitrogens with zero attached hydrogens (tertiary/aromatic N) is 1. The predicted molar refractivity (Wildman–Crippen MR) is 147 cm³/mol. The molecule has 40 heavy (non-hydrogen) atoms. The molecule has 2 N–H and O–H groups in total. The summed E-state index contributed by atoms with van der Waals surface area (Å²) in [5, 5.41) is 8.40. The summed E-state index contributed by atoms with van der Waals surface area (Å²) in [6, 6.07) is 13.4. The average Bonchev–Trinajstić information content (AvgIpc) is 3.38. The molecule has 1 aliphatic heterocycles. The number of nitrogens with one attached hydrogen (secondary N) is 2. The van der Waals surface area contributed by atoms with Crippen LogP contribution in [0.5, 0.6) is 0 Å². The molecule has 1 aliphatic rings. The van der Waals surface area contributed by atoms with E-state index in [4.69, 9.17) is 9.47 Å². The van der Waals surface area contributed by atoms with Gasteiger partial charge in [0.05, 0.1) is 42.0 Å². The molecule has 0 saturated carbocycles. The molecule has 0 radical (unpaired) electrons. The molecule has 0 aliphatic carbocycles. The van der Waals surface area contributed by atoms with Crippen LogP contribution in [0.15, 0.2) is 71.2 Å². The third-order valence-electron chi connectivity index (χ3n) is 6.81. The number of esters is 2. The van der Waals surface area contributed by atoms with Gasteiger partial charge in [-0.1, -0.05) is 42.5 Å². The van der Waals surface area contributed by atoms with E-state index in [2.05, 4.69) is 15.6 Å². The number of carbonyl (C=O) groups is 2. The Morgan fingerprint density at radius 1 is 1.07 bits per heavy atom. The number of hydrogen-bond donors (Lipinski definition) is 2. The van der Waals surface area contributed by atoms with Crippen molar-refractivity contribution in [3.05, 3.63) is 82.4 Å². The molecule has 11 heteroatoms. The second kappa shape index (κ2) is 11.7. The number of benzene rings is 2. The number of halogens is 3. The standard InChI is InChI=1S/C29H30F3N3O4S/c1-5-38-25(36)23-17(3)33-18(4)28(26(37)39-6-2,24(23)19-11-8-7-9-12-19)35-27-34-22(16-40-27)20-13-10-14-21(15-20)29(30,31)32/h7-16,18,24,33H,5-6H2,1-4H3,(H,34,35). The lowest BCUT2D eigenvalue weighted by Gasteiger charge is -2.48. The summed E-state index contributed by atoms with van der Waals surface area (Å²) in [5.74, 6) is -2.04. The van der Waals surface area contributed by atoms with E-state index < -0.39 is 41.2 Å². The first-order chi connectivity index (χ1) is 19.0. The molecule has 3 unspecified atom stereocenters. The SMILES string of the molecule is CCOC(=O)C1=C(C)NC(C)C(Nc2nc(-c3cccc(C(F)(F)F)c3)cs2)(C(=O)OCC)C1c1ccccc1. The number of carbonyl (C=O) groups excluding carboxylic acids is 2. The first-order valence-electron chi connectivity index (χ1n) is 12.8. The van der Waals surface area contributed by atoms with E-state index in [0.29, 0.717) is 17.0 Å². The highest BCUT2D eigenvalue weighted by Gasteiger charge is 2.58. The Morgan fingerprint density at radius 2 is 1.77 bits per heavy atom. The molecule has 3 aromatic rings. The lowest BCUT2D eigenvalue weighted by molar-refractivity contribution is -0.151. The predicted octanol–water partition coefficient (Wildman–Crippen LogP) is 6.16. The first-order valence-corrected chi connectivity index (χ1v) is 13.7. The fourth-order valence-electron chi connectivity index (χ4n) is 5.04. The summed E-state index contributed by atoms with van der Waals surface area (Å²) >= 11 is 1.13. The second-order valence-corrected chi connectivity index (χ2v) is 10.2. The highest BCUT2D eigenvalue weighted by Crippen LogP contribution is 2.46. The fourth-order valence-corrected chi connectivity index (χ4v) is 5.83. The molecule has 0 bridgehead atoms. The van der Waals surface area contributed by atoms with Crippen LogP contribution in [0.25, 0.3) is 11.3 Å². The van der Waals surface area contributed by atoms with Gasteiger partial charge in [-0.2, -0.15) is 13.2 Å². The Labute approximate surface area is 234 Å². The molecule has 212 valence electrons. The Balaban J connectivity index is 1.86. The van der Waals surface area contributed by atoms with Gasteiger partial charge < -0.3 is 20.1 Å². The molecular weight excluding hydrogens is 543 g/mol. The van der Waals surface area contributed by atoms with Crippen LogP contribution < -0.4 is 10.6 Å². The van der Waals surface area contributed by atoms with Crippen molar-refractivity contribution in [2.24, 2.45) is 0 Å². The molecule has 4 rings (SSSR count). The number of rotatable bonds is 8. The highest BCUT2D eigenvalue weighted by atomic mass is 32.1. The zero-order valence-electron chi connectivity index (χ0n) is 22.5. The van der Waals surface area contributed by atoms with Crippen LogP contribution in [0.1, 0.15) is 44.7 Å². The van der Waals surface area contributed by atoms with Gasteiger partial charge in [-0.15, -0.1) is 11.3 Å².